The molecule has 3 aromatic heterocycles. The third-order valence-corrected chi connectivity index (χ3v) is 6.34. The lowest BCUT2D eigenvalue weighted by atomic mass is 10.0. The van der Waals surface area contributed by atoms with Gasteiger partial charge in [0.05, 0.1) is 36.8 Å². The lowest BCUT2D eigenvalue weighted by Gasteiger charge is -2.22. The van der Waals surface area contributed by atoms with Gasteiger partial charge in [0.25, 0.3) is 0 Å². The van der Waals surface area contributed by atoms with E-state index in [4.69, 9.17) is 5.73 Å². The Kier molecular flexibility index (Phi) is 5.60. The van der Waals surface area contributed by atoms with Crippen molar-refractivity contribution in [2.45, 2.75) is 26.4 Å². The van der Waals surface area contributed by atoms with Crippen LogP contribution in [0.4, 0.5) is 20.7 Å². The number of aromatic nitrogens is 4. The molecule has 1 unspecified atom stereocenters. The fourth-order valence-electron chi connectivity index (χ4n) is 4.78. The fraction of sp³-hybridized carbons (Fsp3) is 0.280. The Balaban J connectivity index is 1.46. The van der Waals surface area contributed by atoms with Gasteiger partial charge in [0.1, 0.15) is 23.6 Å². The average molecular weight is 476 g/mol. The monoisotopic (exact) mass is 475 g/mol. The molecular formula is C25H26FN7O2. The molecule has 9 nitrogen and oxygen atoms in total. The van der Waals surface area contributed by atoms with Crippen LogP contribution in [-0.2, 0) is 13.6 Å². The van der Waals surface area contributed by atoms with Crippen LogP contribution >= 0.6 is 0 Å². The number of urea groups is 1. The number of nitrogen functional groups attached to an aromatic ring is 1. The minimum atomic E-state index is -0.499. The number of anilines is 2. The number of aryl methyl sites for hydroxylation is 3. The molecule has 0 spiro atoms. The van der Waals surface area contributed by atoms with E-state index in [0.29, 0.717) is 27.8 Å². The van der Waals surface area contributed by atoms with Crippen molar-refractivity contribution in [1.29, 1.82) is 0 Å². The van der Waals surface area contributed by atoms with Gasteiger partial charge in [-0.25, -0.2) is 19.2 Å². The molecule has 1 atom stereocenters. The molecule has 35 heavy (non-hydrogen) atoms. The number of hydrogen-bond acceptors (Lipinski definition) is 6. The second-order valence-corrected chi connectivity index (χ2v) is 8.91. The Morgan fingerprint density at radius 2 is 1.97 bits per heavy atom. The molecule has 1 saturated heterocycles. The Morgan fingerprint density at radius 1 is 1.17 bits per heavy atom. The second-order valence-electron chi connectivity index (χ2n) is 8.91. The quantitative estimate of drug-likeness (QED) is 0.458. The van der Waals surface area contributed by atoms with Crippen molar-refractivity contribution in [2.75, 3.05) is 23.8 Å². The van der Waals surface area contributed by atoms with Gasteiger partial charge < -0.3 is 20.3 Å². The molecule has 4 heterocycles. The summed E-state index contributed by atoms with van der Waals surface area (Å²) in [6, 6.07) is 7.81. The highest BCUT2D eigenvalue weighted by Gasteiger charge is 2.38. The maximum Gasteiger partial charge on any atom is 0.325 e. The van der Waals surface area contributed by atoms with E-state index in [1.807, 2.05) is 33.0 Å². The summed E-state index contributed by atoms with van der Waals surface area (Å²) in [6.07, 6.45) is 3.13. The molecule has 1 aliphatic rings. The minimum absolute atomic E-state index is 0.205. The first kappa shape index (κ1) is 22.7. The Hall–Kier alpha value is -4.05. The van der Waals surface area contributed by atoms with Crippen LogP contribution in [0.5, 0.6) is 0 Å². The fourth-order valence-corrected chi connectivity index (χ4v) is 4.78. The first-order valence-electron chi connectivity index (χ1n) is 11.3. The van der Waals surface area contributed by atoms with Crippen LogP contribution in [0.25, 0.3) is 22.2 Å². The highest BCUT2D eigenvalue weighted by molar-refractivity contribution is 6.01. The molecule has 0 bridgehead atoms. The zero-order valence-electron chi connectivity index (χ0n) is 19.7. The largest absolute Gasteiger partial charge is 0.394 e. The number of pyridine rings is 1. The second kappa shape index (κ2) is 8.62. The van der Waals surface area contributed by atoms with Crippen LogP contribution in [0, 0.1) is 19.7 Å². The third-order valence-electron chi connectivity index (χ3n) is 6.34. The van der Waals surface area contributed by atoms with Crippen LogP contribution in [-0.4, -0.2) is 54.8 Å². The predicted octanol–water partition coefficient (Wildman–Crippen LogP) is 3.17. The van der Waals surface area contributed by atoms with Crippen molar-refractivity contribution in [3.8, 4) is 11.1 Å². The molecule has 0 radical (unpaired) electrons. The van der Waals surface area contributed by atoms with Crippen LogP contribution in [0.1, 0.15) is 17.0 Å². The molecule has 1 fully saturated rings. The summed E-state index contributed by atoms with van der Waals surface area (Å²) in [7, 11) is 1.81. The van der Waals surface area contributed by atoms with Crippen molar-refractivity contribution >= 4 is 28.6 Å². The van der Waals surface area contributed by atoms with Gasteiger partial charge in [-0.3, -0.25) is 9.88 Å². The lowest BCUT2D eigenvalue weighted by molar-refractivity contribution is 0.161. The summed E-state index contributed by atoms with van der Waals surface area (Å²) >= 11 is 0. The van der Waals surface area contributed by atoms with E-state index in [0.717, 1.165) is 17.0 Å². The van der Waals surface area contributed by atoms with Gasteiger partial charge in [0.15, 0.2) is 0 Å². The van der Waals surface area contributed by atoms with Gasteiger partial charge in [-0.2, -0.15) is 0 Å². The zero-order chi connectivity index (χ0) is 24.9. The van der Waals surface area contributed by atoms with Crippen LogP contribution in [0.2, 0.25) is 0 Å². The SMILES string of the molecule is Cc1cc(C)nc(CN2C(=O)N(c3ccc(-c4cn(C)c5ncnc(N)c45)c(F)c3)CC2CO)c1. The van der Waals surface area contributed by atoms with E-state index < -0.39 is 11.9 Å². The highest BCUT2D eigenvalue weighted by atomic mass is 19.1. The standard InChI is InChI=1S/C25H26FN7O2/c1-14-6-15(2)30-16(7-14)9-32-18(12-34)10-33(25(32)35)17-4-5-19(21(26)8-17)20-11-31(3)24-22(20)23(27)28-13-29-24/h4-8,11,13,18,34H,9-10,12H2,1-3H3,(H2,27,28,29). The minimum Gasteiger partial charge on any atom is -0.394 e. The van der Waals surface area contributed by atoms with Gasteiger partial charge in [-0.05, 0) is 49.7 Å². The van der Waals surface area contributed by atoms with Gasteiger partial charge >= 0.3 is 6.03 Å². The van der Waals surface area contributed by atoms with E-state index in [2.05, 4.69) is 15.0 Å². The highest BCUT2D eigenvalue weighted by Crippen LogP contribution is 2.36. The van der Waals surface area contributed by atoms with E-state index >= 15 is 4.39 Å². The molecular weight excluding hydrogens is 449 g/mol. The Labute approximate surface area is 201 Å². The molecule has 10 heteroatoms. The number of hydrogen-bond donors (Lipinski definition) is 2. The Morgan fingerprint density at radius 3 is 2.69 bits per heavy atom. The molecule has 3 N–H and O–H groups in total. The normalized spacial score (nSPS) is 16.0. The van der Waals surface area contributed by atoms with Crippen molar-refractivity contribution < 1.29 is 14.3 Å². The van der Waals surface area contributed by atoms with Crippen LogP contribution in [0.15, 0.2) is 42.9 Å². The molecule has 2 amide bonds. The predicted molar refractivity (Wildman–Crippen MR) is 131 cm³/mol. The summed E-state index contributed by atoms with van der Waals surface area (Å²) in [4.78, 5) is 29.2. The molecule has 1 aromatic carbocycles. The maximum absolute atomic E-state index is 15.4. The lowest BCUT2D eigenvalue weighted by Crippen LogP contribution is -2.36. The third kappa shape index (κ3) is 3.95. The number of carbonyl (C=O) groups is 1. The summed E-state index contributed by atoms with van der Waals surface area (Å²) in [6.45, 7) is 4.17. The number of rotatable bonds is 5. The molecule has 180 valence electrons. The van der Waals surface area contributed by atoms with Crippen molar-refractivity contribution in [3.05, 3.63) is 65.6 Å². The topological polar surface area (TPSA) is 113 Å². The smallest absolute Gasteiger partial charge is 0.325 e. The van der Waals surface area contributed by atoms with Gasteiger partial charge in [-0.1, -0.05) is 0 Å². The summed E-state index contributed by atoms with van der Waals surface area (Å²) < 4.78 is 17.2. The van der Waals surface area contributed by atoms with E-state index in [-0.39, 0.29) is 31.5 Å². The van der Waals surface area contributed by atoms with E-state index in [1.165, 1.54) is 17.3 Å². The first-order valence-corrected chi connectivity index (χ1v) is 11.3. The number of aliphatic hydroxyl groups is 1. The van der Waals surface area contributed by atoms with Crippen LogP contribution in [0.3, 0.4) is 0 Å². The van der Waals surface area contributed by atoms with Gasteiger partial charge in [0, 0.05) is 35.8 Å². The average Bonchev–Trinajstić information content (AvgIpc) is 3.31. The molecule has 1 aliphatic heterocycles. The number of halogens is 1. The summed E-state index contributed by atoms with van der Waals surface area (Å²) in [5, 5.41) is 10.5. The van der Waals surface area contributed by atoms with Crippen molar-refractivity contribution in [1.82, 2.24) is 24.4 Å². The first-order chi connectivity index (χ1) is 16.8. The number of nitrogens with two attached hydrogens (primary N) is 1. The number of aliphatic hydroxyl groups excluding tert-OH is 1. The van der Waals surface area contributed by atoms with Gasteiger partial charge in [-0.15, -0.1) is 0 Å². The number of amides is 2. The number of carbonyl (C=O) groups excluding carboxylic acids is 1. The Bertz CT molecular complexity index is 1430. The van der Waals surface area contributed by atoms with Gasteiger partial charge in [0.2, 0.25) is 0 Å². The number of nitrogens with zero attached hydrogens (tertiary/aromatic N) is 6. The number of benzene rings is 1. The summed E-state index contributed by atoms with van der Waals surface area (Å²) in [5.74, 6) is -0.230. The molecule has 4 aromatic rings. The summed E-state index contributed by atoms with van der Waals surface area (Å²) in [5.41, 5.74) is 10.6. The molecule has 0 aliphatic carbocycles. The zero-order valence-corrected chi connectivity index (χ0v) is 19.7. The maximum atomic E-state index is 15.4. The van der Waals surface area contributed by atoms with Crippen LogP contribution < -0.4 is 10.6 Å². The molecule has 5 rings (SSSR count). The van der Waals surface area contributed by atoms with E-state index in [1.54, 1.807) is 27.8 Å². The van der Waals surface area contributed by atoms with Crippen molar-refractivity contribution in [3.63, 3.8) is 0 Å². The molecule has 0 saturated carbocycles. The van der Waals surface area contributed by atoms with E-state index in [9.17, 15) is 9.90 Å². The van der Waals surface area contributed by atoms with Crippen molar-refractivity contribution in [2.24, 2.45) is 7.05 Å². The number of fused-ring (bicyclic) bond motifs is 1.